The second-order valence-corrected chi connectivity index (χ2v) is 4.70. The van der Waals surface area contributed by atoms with Crippen LogP contribution in [0.25, 0.3) is 0 Å². The summed E-state index contributed by atoms with van der Waals surface area (Å²) in [6.07, 6.45) is 2.14. The first-order chi connectivity index (χ1) is 8.56. The molecule has 5 nitrogen and oxygen atoms in total. The number of fused-ring (bicyclic) bond motifs is 1. The first kappa shape index (κ1) is 12.8. The molecule has 1 aromatic heterocycles. The van der Waals surface area contributed by atoms with Crippen LogP contribution in [0.2, 0.25) is 0 Å². The molecule has 0 aromatic carbocycles. The van der Waals surface area contributed by atoms with Gasteiger partial charge >= 0.3 is 11.9 Å². The molecule has 100 valence electrons. The molecule has 1 unspecified atom stereocenters. The second kappa shape index (κ2) is 4.92. The van der Waals surface area contributed by atoms with E-state index >= 15 is 0 Å². The molecular formula is C13H19NO4. The van der Waals surface area contributed by atoms with Crippen molar-refractivity contribution in [3.8, 4) is 5.95 Å². The summed E-state index contributed by atoms with van der Waals surface area (Å²) < 4.78 is 11.0. The van der Waals surface area contributed by atoms with Gasteiger partial charge in [0.05, 0.1) is 6.54 Å². The SMILES string of the molecule is CCC(CC)C1CN(C)c2cc(C(=O)O)oc2O1. The van der Waals surface area contributed by atoms with E-state index in [0.29, 0.717) is 11.9 Å². The van der Waals surface area contributed by atoms with Crippen LogP contribution in [-0.4, -0.2) is 30.8 Å². The molecule has 5 heteroatoms. The smallest absolute Gasteiger partial charge is 0.372 e. The maximum absolute atomic E-state index is 10.9. The maximum Gasteiger partial charge on any atom is 0.372 e. The summed E-state index contributed by atoms with van der Waals surface area (Å²) >= 11 is 0. The van der Waals surface area contributed by atoms with Crippen LogP contribution in [0.5, 0.6) is 5.95 Å². The molecule has 0 saturated carbocycles. The Morgan fingerprint density at radius 2 is 2.22 bits per heavy atom. The van der Waals surface area contributed by atoms with Crippen LogP contribution in [0.15, 0.2) is 10.5 Å². The average molecular weight is 253 g/mol. The van der Waals surface area contributed by atoms with Gasteiger partial charge in [0.2, 0.25) is 5.76 Å². The normalized spacial score (nSPS) is 18.7. The number of aromatic carboxylic acids is 1. The van der Waals surface area contributed by atoms with E-state index in [4.69, 9.17) is 14.3 Å². The summed E-state index contributed by atoms with van der Waals surface area (Å²) in [4.78, 5) is 12.9. The second-order valence-electron chi connectivity index (χ2n) is 4.70. The molecule has 0 saturated heterocycles. The predicted octanol–water partition coefficient (Wildman–Crippen LogP) is 2.61. The van der Waals surface area contributed by atoms with Crippen molar-refractivity contribution >= 4 is 11.7 Å². The minimum Gasteiger partial charge on any atom is -0.475 e. The molecule has 0 radical (unpaired) electrons. The van der Waals surface area contributed by atoms with Gasteiger partial charge in [-0.05, 0) is 18.8 Å². The quantitative estimate of drug-likeness (QED) is 0.893. The summed E-state index contributed by atoms with van der Waals surface area (Å²) in [6.45, 7) is 5.04. The van der Waals surface area contributed by atoms with E-state index in [-0.39, 0.29) is 11.9 Å². The van der Waals surface area contributed by atoms with E-state index < -0.39 is 5.97 Å². The lowest BCUT2D eigenvalue weighted by Crippen LogP contribution is -2.41. The van der Waals surface area contributed by atoms with Gasteiger partial charge in [-0.3, -0.25) is 0 Å². The number of likely N-dealkylation sites (N-methyl/N-ethyl adjacent to an activating group) is 1. The zero-order valence-electron chi connectivity index (χ0n) is 11.0. The highest BCUT2D eigenvalue weighted by Gasteiger charge is 2.32. The largest absolute Gasteiger partial charge is 0.475 e. The molecule has 1 aliphatic heterocycles. The number of carboxylic acid groups (broad SMARTS) is 1. The highest BCUT2D eigenvalue weighted by molar-refractivity contribution is 5.86. The van der Waals surface area contributed by atoms with Gasteiger partial charge in [0.1, 0.15) is 11.8 Å². The molecule has 1 atom stereocenters. The number of rotatable bonds is 4. The molecule has 1 aromatic rings. The Labute approximate surface area is 106 Å². The third-order valence-corrected chi connectivity index (χ3v) is 3.59. The summed E-state index contributed by atoms with van der Waals surface area (Å²) in [5.41, 5.74) is 0.717. The Bertz CT molecular complexity index is 436. The Hall–Kier alpha value is -1.65. The topological polar surface area (TPSA) is 62.9 Å². The lowest BCUT2D eigenvalue weighted by molar-refractivity contribution is 0.0621. The minimum atomic E-state index is -1.07. The third-order valence-electron chi connectivity index (χ3n) is 3.59. The van der Waals surface area contributed by atoms with Crippen molar-refractivity contribution in [2.45, 2.75) is 32.8 Å². The van der Waals surface area contributed by atoms with Gasteiger partial charge in [-0.1, -0.05) is 13.8 Å². The molecule has 2 rings (SSSR count). The van der Waals surface area contributed by atoms with E-state index in [2.05, 4.69) is 13.8 Å². The van der Waals surface area contributed by atoms with Crippen molar-refractivity contribution in [3.05, 3.63) is 11.8 Å². The van der Waals surface area contributed by atoms with Gasteiger partial charge in [-0.2, -0.15) is 0 Å². The van der Waals surface area contributed by atoms with Crippen LogP contribution < -0.4 is 9.64 Å². The van der Waals surface area contributed by atoms with Gasteiger partial charge in [-0.15, -0.1) is 0 Å². The molecule has 2 heterocycles. The number of nitrogens with zero attached hydrogens (tertiary/aromatic N) is 1. The van der Waals surface area contributed by atoms with Crippen LogP contribution in [0.4, 0.5) is 5.69 Å². The Morgan fingerprint density at radius 1 is 1.56 bits per heavy atom. The lowest BCUT2D eigenvalue weighted by atomic mass is 9.95. The fraction of sp³-hybridized carbons (Fsp3) is 0.615. The average Bonchev–Trinajstić information content (AvgIpc) is 2.75. The van der Waals surface area contributed by atoms with Crippen LogP contribution in [0, 0.1) is 5.92 Å². The number of ether oxygens (including phenoxy) is 1. The van der Waals surface area contributed by atoms with E-state index in [1.165, 1.54) is 6.07 Å². The van der Waals surface area contributed by atoms with Crippen LogP contribution in [0.1, 0.15) is 37.2 Å². The van der Waals surface area contributed by atoms with Gasteiger partial charge in [-0.25, -0.2) is 4.79 Å². The number of hydrogen-bond acceptors (Lipinski definition) is 4. The molecule has 1 N–H and O–H groups in total. The molecule has 0 fully saturated rings. The number of furan rings is 1. The first-order valence-electron chi connectivity index (χ1n) is 6.31. The molecule has 1 aliphatic rings. The van der Waals surface area contributed by atoms with E-state index in [1.807, 2.05) is 11.9 Å². The summed E-state index contributed by atoms with van der Waals surface area (Å²) in [5.74, 6) is -0.352. The molecule has 0 spiro atoms. The van der Waals surface area contributed by atoms with Gasteiger partial charge in [0.15, 0.2) is 0 Å². The lowest BCUT2D eigenvalue weighted by Gasteiger charge is -2.34. The number of anilines is 1. The molecule has 0 aliphatic carbocycles. The van der Waals surface area contributed by atoms with Crippen molar-refractivity contribution in [1.82, 2.24) is 0 Å². The molecule has 0 amide bonds. The van der Waals surface area contributed by atoms with Crippen LogP contribution in [-0.2, 0) is 0 Å². The van der Waals surface area contributed by atoms with Crippen molar-refractivity contribution < 1.29 is 19.1 Å². The fourth-order valence-corrected chi connectivity index (χ4v) is 2.42. The first-order valence-corrected chi connectivity index (χ1v) is 6.31. The van der Waals surface area contributed by atoms with E-state index in [1.54, 1.807) is 0 Å². The fourth-order valence-electron chi connectivity index (χ4n) is 2.42. The minimum absolute atomic E-state index is 0.0605. The van der Waals surface area contributed by atoms with Crippen LogP contribution in [0.3, 0.4) is 0 Å². The van der Waals surface area contributed by atoms with Gasteiger partial charge in [0, 0.05) is 13.1 Å². The number of carboxylic acids is 1. The Kier molecular flexibility index (Phi) is 3.50. The molecule has 0 bridgehead atoms. The van der Waals surface area contributed by atoms with Crippen molar-refractivity contribution in [2.75, 3.05) is 18.5 Å². The van der Waals surface area contributed by atoms with E-state index in [0.717, 1.165) is 25.1 Å². The number of hydrogen-bond donors (Lipinski definition) is 1. The summed E-state index contributed by atoms with van der Waals surface area (Å²) in [7, 11) is 1.93. The van der Waals surface area contributed by atoms with Gasteiger partial charge in [0.25, 0.3) is 0 Å². The maximum atomic E-state index is 10.9. The van der Waals surface area contributed by atoms with Crippen LogP contribution >= 0.6 is 0 Å². The van der Waals surface area contributed by atoms with Crippen molar-refractivity contribution in [2.24, 2.45) is 5.92 Å². The highest BCUT2D eigenvalue weighted by atomic mass is 16.6. The zero-order valence-corrected chi connectivity index (χ0v) is 11.0. The van der Waals surface area contributed by atoms with E-state index in [9.17, 15) is 4.79 Å². The van der Waals surface area contributed by atoms with Crippen molar-refractivity contribution in [3.63, 3.8) is 0 Å². The number of carbonyl (C=O) groups is 1. The third kappa shape index (κ3) is 2.17. The summed E-state index contributed by atoms with van der Waals surface area (Å²) in [6, 6.07) is 1.51. The molecule has 18 heavy (non-hydrogen) atoms. The Balaban J connectivity index is 2.25. The standard InChI is InChI=1S/C13H19NO4/c1-4-8(5-2)11-7-14(3)9-6-10(12(15)16)17-13(9)18-11/h6,8,11H,4-5,7H2,1-3H3,(H,15,16). The predicted molar refractivity (Wildman–Crippen MR) is 67.4 cm³/mol. The summed E-state index contributed by atoms with van der Waals surface area (Å²) in [5, 5.41) is 8.92. The Morgan fingerprint density at radius 3 is 2.78 bits per heavy atom. The highest BCUT2D eigenvalue weighted by Crippen LogP contribution is 2.38. The monoisotopic (exact) mass is 253 g/mol. The van der Waals surface area contributed by atoms with Gasteiger partial charge < -0.3 is 19.2 Å². The molecular weight excluding hydrogens is 234 g/mol. The van der Waals surface area contributed by atoms with Crippen molar-refractivity contribution in [1.29, 1.82) is 0 Å². The zero-order chi connectivity index (χ0) is 13.3.